The van der Waals surface area contributed by atoms with Crippen molar-refractivity contribution < 1.29 is 4.79 Å². The highest BCUT2D eigenvalue weighted by atomic mass is 16.1. The zero-order valence-corrected chi connectivity index (χ0v) is 16.6. The van der Waals surface area contributed by atoms with Crippen molar-refractivity contribution in [1.29, 1.82) is 0 Å². The Hall–Kier alpha value is -2.89. The highest BCUT2D eigenvalue weighted by Crippen LogP contribution is 2.30. The van der Waals surface area contributed by atoms with Gasteiger partial charge in [-0.3, -0.25) is 19.4 Å². The largest absolute Gasteiger partial charge is 0.355 e. The van der Waals surface area contributed by atoms with Gasteiger partial charge in [0, 0.05) is 25.2 Å². The Morgan fingerprint density at radius 1 is 1.32 bits per heavy atom. The summed E-state index contributed by atoms with van der Waals surface area (Å²) >= 11 is 0. The number of aromatic nitrogens is 3. The molecule has 0 aliphatic heterocycles. The summed E-state index contributed by atoms with van der Waals surface area (Å²) in [5.41, 5.74) is 5.69. The third-order valence-corrected chi connectivity index (χ3v) is 5.95. The van der Waals surface area contributed by atoms with Gasteiger partial charge in [-0.15, -0.1) is 0 Å². The smallest absolute Gasteiger partial charge is 0.273 e. The van der Waals surface area contributed by atoms with Gasteiger partial charge in [0.05, 0.1) is 11.8 Å². The van der Waals surface area contributed by atoms with Crippen molar-refractivity contribution in [3.8, 4) is 0 Å². The van der Waals surface area contributed by atoms with Gasteiger partial charge in [0.15, 0.2) is 5.65 Å². The Kier molecular flexibility index (Phi) is 4.79. The van der Waals surface area contributed by atoms with Gasteiger partial charge in [-0.2, -0.15) is 0 Å². The van der Waals surface area contributed by atoms with Crippen LogP contribution in [0.15, 0.2) is 29.1 Å². The number of hydrogen-bond acceptors (Lipinski definition) is 3. The first-order valence-electron chi connectivity index (χ1n) is 9.85. The molecule has 146 valence electrons. The standard InChI is InChI=1S/C22H26N4O2/c1-13-18(14(2)24-21-20(13)22(28)25-26(21)3)11-19(27)23-12-16-9-6-8-15-7-4-5-10-17(15)16/h4-5,7,10,16H,6,8-9,11-12H2,1-3H3,(H,23,27)(H,25,28). The van der Waals surface area contributed by atoms with Gasteiger partial charge in [-0.05, 0) is 55.4 Å². The molecule has 0 saturated heterocycles. The second-order valence-electron chi connectivity index (χ2n) is 7.77. The van der Waals surface area contributed by atoms with Crippen LogP contribution >= 0.6 is 0 Å². The average Bonchev–Trinajstić information content (AvgIpc) is 2.96. The number of nitrogens with one attached hydrogen (secondary N) is 2. The minimum Gasteiger partial charge on any atom is -0.355 e. The molecule has 2 heterocycles. The quantitative estimate of drug-likeness (QED) is 0.732. The molecule has 1 aromatic carbocycles. The fraction of sp³-hybridized carbons (Fsp3) is 0.409. The van der Waals surface area contributed by atoms with Crippen LogP contribution in [0, 0.1) is 13.8 Å². The van der Waals surface area contributed by atoms with Crippen molar-refractivity contribution in [2.75, 3.05) is 6.54 Å². The molecule has 1 aliphatic carbocycles. The van der Waals surface area contributed by atoms with E-state index in [1.165, 1.54) is 11.1 Å². The van der Waals surface area contributed by atoms with Crippen LogP contribution in [0.4, 0.5) is 0 Å². The molecule has 6 nitrogen and oxygen atoms in total. The summed E-state index contributed by atoms with van der Waals surface area (Å²) in [7, 11) is 1.77. The topological polar surface area (TPSA) is 79.8 Å². The highest BCUT2D eigenvalue weighted by Gasteiger charge is 2.21. The molecule has 6 heteroatoms. The fourth-order valence-corrected chi connectivity index (χ4v) is 4.44. The molecular formula is C22H26N4O2. The van der Waals surface area contributed by atoms with Crippen LogP contribution in [-0.4, -0.2) is 27.2 Å². The number of nitrogens with zero attached hydrogens (tertiary/aromatic N) is 2. The van der Waals surface area contributed by atoms with Crippen molar-refractivity contribution in [2.45, 2.75) is 45.4 Å². The van der Waals surface area contributed by atoms with Crippen molar-refractivity contribution in [3.05, 3.63) is 62.6 Å². The lowest BCUT2D eigenvalue weighted by atomic mass is 9.83. The number of fused-ring (bicyclic) bond motifs is 2. The fourth-order valence-electron chi connectivity index (χ4n) is 4.44. The molecule has 1 amide bonds. The lowest BCUT2D eigenvalue weighted by molar-refractivity contribution is -0.120. The van der Waals surface area contributed by atoms with E-state index >= 15 is 0 Å². The molecule has 0 fully saturated rings. The molecule has 3 aromatic rings. The van der Waals surface area contributed by atoms with Gasteiger partial charge in [0.1, 0.15) is 0 Å². The number of carbonyl (C=O) groups is 1. The molecule has 0 spiro atoms. The van der Waals surface area contributed by atoms with E-state index in [9.17, 15) is 9.59 Å². The van der Waals surface area contributed by atoms with Gasteiger partial charge in [-0.25, -0.2) is 4.98 Å². The van der Waals surface area contributed by atoms with E-state index in [0.29, 0.717) is 23.5 Å². The van der Waals surface area contributed by atoms with E-state index in [1.807, 2.05) is 13.8 Å². The minimum absolute atomic E-state index is 0.0252. The van der Waals surface area contributed by atoms with E-state index < -0.39 is 0 Å². The van der Waals surface area contributed by atoms with E-state index in [2.05, 4.69) is 39.7 Å². The summed E-state index contributed by atoms with van der Waals surface area (Å²) in [5.74, 6) is 0.344. The summed E-state index contributed by atoms with van der Waals surface area (Å²) in [4.78, 5) is 29.4. The molecule has 28 heavy (non-hydrogen) atoms. The SMILES string of the molecule is Cc1nc2c(c(C)c1CC(=O)NCC1CCCc3ccccc31)c(=O)[nH]n2C. The van der Waals surface area contributed by atoms with Crippen LogP contribution in [0.3, 0.4) is 0 Å². The monoisotopic (exact) mass is 378 g/mol. The number of hydrogen-bond donors (Lipinski definition) is 2. The summed E-state index contributed by atoms with van der Waals surface area (Å²) in [6.07, 6.45) is 3.62. The number of benzene rings is 1. The first kappa shape index (κ1) is 18.5. The van der Waals surface area contributed by atoms with Crippen LogP contribution in [0.5, 0.6) is 0 Å². The lowest BCUT2D eigenvalue weighted by Gasteiger charge is -2.25. The lowest BCUT2D eigenvalue weighted by Crippen LogP contribution is -2.31. The maximum absolute atomic E-state index is 12.7. The van der Waals surface area contributed by atoms with Crippen LogP contribution in [-0.2, 0) is 24.7 Å². The summed E-state index contributed by atoms with van der Waals surface area (Å²) < 4.78 is 1.63. The van der Waals surface area contributed by atoms with Crippen molar-refractivity contribution >= 4 is 16.9 Å². The summed E-state index contributed by atoms with van der Waals surface area (Å²) in [5, 5.41) is 6.41. The van der Waals surface area contributed by atoms with Crippen LogP contribution in [0.25, 0.3) is 11.0 Å². The maximum atomic E-state index is 12.7. The number of aromatic amines is 1. The zero-order valence-electron chi connectivity index (χ0n) is 16.6. The number of pyridine rings is 1. The average molecular weight is 378 g/mol. The third kappa shape index (κ3) is 3.23. The molecule has 1 aliphatic rings. The summed E-state index contributed by atoms with van der Waals surface area (Å²) in [6.45, 7) is 4.44. The minimum atomic E-state index is -0.164. The zero-order chi connectivity index (χ0) is 19.8. The van der Waals surface area contributed by atoms with E-state index in [0.717, 1.165) is 36.1 Å². The second-order valence-corrected chi connectivity index (χ2v) is 7.77. The number of rotatable bonds is 4. The Bertz CT molecular complexity index is 1110. The van der Waals surface area contributed by atoms with Gasteiger partial charge in [0.25, 0.3) is 5.56 Å². The molecule has 2 N–H and O–H groups in total. The molecule has 2 aromatic heterocycles. The molecule has 1 unspecified atom stereocenters. The molecule has 0 saturated carbocycles. The van der Waals surface area contributed by atoms with Gasteiger partial charge in [0.2, 0.25) is 5.91 Å². The Morgan fingerprint density at radius 2 is 2.11 bits per heavy atom. The Labute approximate surface area is 164 Å². The first-order chi connectivity index (χ1) is 13.5. The Balaban J connectivity index is 1.51. The van der Waals surface area contributed by atoms with E-state index in [-0.39, 0.29) is 17.9 Å². The number of aryl methyl sites for hydroxylation is 4. The van der Waals surface area contributed by atoms with Crippen LogP contribution < -0.4 is 10.9 Å². The van der Waals surface area contributed by atoms with Gasteiger partial charge < -0.3 is 5.32 Å². The summed E-state index contributed by atoms with van der Waals surface area (Å²) in [6, 6.07) is 8.53. The van der Waals surface area contributed by atoms with Crippen molar-refractivity contribution in [3.63, 3.8) is 0 Å². The van der Waals surface area contributed by atoms with Crippen molar-refractivity contribution in [2.24, 2.45) is 7.05 Å². The molecule has 0 bridgehead atoms. The van der Waals surface area contributed by atoms with E-state index in [1.54, 1.807) is 11.7 Å². The number of carbonyl (C=O) groups excluding carboxylic acids is 1. The second kappa shape index (κ2) is 7.26. The predicted molar refractivity (Wildman–Crippen MR) is 110 cm³/mol. The molecule has 4 rings (SSSR count). The third-order valence-electron chi connectivity index (χ3n) is 5.95. The van der Waals surface area contributed by atoms with Crippen molar-refractivity contribution in [1.82, 2.24) is 20.1 Å². The predicted octanol–water partition coefficient (Wildman–Crippen LogP) is 2.66. The van der Waals surface area contributed by atoms with Gasteiger partial charge >= 0.3 is 0 Å². The highest BCUT2D eigenvalue weighted by molar-refractivity contribution is 5.84. The molecular weight excluding hydrogens is 352 g/mol. The van der Waals surface area contributed by atoms with Crippen LogP contribution in [0.2, 0.25) is 0 Å². The van der Waals surface area contributed by atoms with Crippen LogP contribution in [0.1, 0.15) is 46.7 Å². The van der Waals surface area contributed by atoms with E-state index in [4.69, 9.17) is 0 Å². The molecule has 0 radical (unpaired) electrons. The number of H-pyrrole nitrogens is 1. The van der Waals surface area contributed by atoms with Gasteiger partial charge in [-0.1, -0.05) is 24.3 Å². The number of amides is 1. The normalized spacial score (nSPS) is 16.2. The molecule has 1 atom stereocenters. The maximum Gasteiger partial charge on any atom is 0.273 e. The Morgan fingerprint density at radius 3 is 2.93 bits per heavy atom. The first-order valence-corrected chi connectivity index (χ1v) is 9.85.